The first kappa shape index (κ1) is 8.43. The lowest BCUT2D eigenvalue weighted by atomic mass is 10.2. The van der Waals surface area contributed by atoms with Crippen LogP contribution < -0.4 is 10.1 Å². The summed E-state index contributed by atoms with van der Waals surface area (Å²) in [5.41, 5.74) is 0. The van der Waals surface area contributed by atoms with Crippen LogP contribution in [0.15, 0.2) is 0 Å². The number of nitrogens with one attached hydrogen (secondary N) is 1. The number of hydrogen-bond acceptors (Lipinski definition) is 5. The van der Waals surface area contributed by atoms with Crippen LogP contribution in [0.25, 0.3) is 0 Å². The summed E-state index contributed by atoms with van der Waals surface area (Å²) in [5.74, 6) is 0. The van der Waals surface area contributed by atoms with Gasteiger partial charge in [-0.2, -0.15) is 4.68 Å². The average molecular weight is 183 g/mol. The van der Waals surface area contributed by atoms with Crippen molar-refractivity contribution in [3.8, 4) is 6.01 Å². The molecule has 6 heteroatoms. The molecule has 0 spiro atoms. The van der Waals surface area contributed by atoms with Crippen molar-refractivity contribution in [1.82, 2.24) is 25.5 Å². The zero-order valence-electron chi connectivity index (χ0n) is 7.60. The van der Waals surface area contributed by atoms with Crippen LogP contribution in [0.3, 0.4) is 0 Å². The Balaban J connectivity index is 1.82. The Kier molecular flexibility index (Phi) is 2.40. The van der Waals surface area contributed by atoms with E-state index in [9.17, 15) is 0 Å². The molecular formula is C7H13N5O. The van der Waals surface area contributed by atoms with Crippen LogP contribution in [0.4, 0.5) is 0 Å². The lowest BCUT2D eigenvalue weighted by molar-refractivity contribution is 0.246. The van der Waals surface area contributed by atoms with Crippen molar-refractivity contribution in [2.45, 2.75) is 18.9 Å². The van der Waals surface area contributed by atoms with Crippen molar-refractivity contribution in [2.24, 2.45) is 7.05 Å². The first-order valence-corrected chi connectivity index (χ1v) is 4.45. The maximum Gasteiger partial charge on any atom is 0.335 e. The lowest BCUT2D eigenvalue weighted by Gasteiger charge is -2.09. The highest BCUT2D eigenvalue weighted by atomic mass is 16.5. The quantitative estimate of drug-likeness (QED) is 0.674. The molecule has 0 aromatic carbocycles. The summed E-state index contributed by atoms with van der Waals surface area (Å²) in [5, 5.41) is 14.2. The molecule has 1 fully saturated rings. The molecule has 1 aliphatic heterocycles. The second kappa shape index (κ2) is 3.69. The molecule has 2 rings (SSSR count). The van der Waals surface area contributed by atoms with Crippen molar-refractivity contribution in [1.29, 1.82) is 0 Å². The van der Waals surface area contributed by atoms with Gasteiger partial charge in [-0.3, -0.25) is 0 Å². The summed E-state index contributed by atoms with van der Waals surface area (Å²) < 4.78 is 6.95. The van der Waals surface area contributed by atoms with Gasteiger partial charge in [0.05, 0.1) is 0 Å². The van der Waals surface area contributed by atoms with Crippen LogP contribution in [-0.4, -0.2) is 39.4 Å². The number of nitrogens with zero attached hydrogens (tertiary/aromatic N) is 4. The van der Waals surface area contributed by atoms with Crippen molar-refractivity contribution in [2.75, 3.05) is 13.2 Å². The van der Waals surface area contributed by atoms with Gasteiger partial charge in [0.25, 0.3) is 0 Å². The van der Waals surface area contributed by atoms with Crippen LogP contribution in [-0.2, 0) is 7.05 Å². The van der Waals surface area contributed by atoms with E-state index < -0.39 is 0 Å². The summed E-state index contributed by atoms with van der Waals surface area (Å²) in [7, 11) is 1.76. The van der Waals surface area contributed by atoms with Crippen LogP contribution >= 0.6 is 0 Å². The number of rotatable bonds is 3. The minimum absolute atomic E-state index is 0.455. The van der Waals surface area contributed by atoms with Gasteiger partial charge in [-0.1, -0.05) is 5.10 Å². The van der Waals surface area contributed by atoms with E-state index >= 15 is 0 Å². The molecule has 1 N–H and O–H groups in total. The zero-order valence-corrected chi connectivity index (χ0v) is 7.60. The normalized spacial score (nSPS) is 22.1. The number of aromatic nitrogens is 4. The third-order valence-corrected chi connectivity index (χ3v) is 2.16. The molecule has 1 aromatic rings. The second-order valence-electron chi connectivity index (χ2n) is 3.19. The summed E-state index contributed by atoms with van der Waals surface area (Å²) >= 11 is 0. The third-order valence-electron chi connectivity index (χ3n) is 2.16. The Labute approximate surface area is 76.3 Å². The minimum atomic E-state index is 0.455. The number of hydrogen-bond donors (Lipinski definition) is 1. The smallest absolute Gasteiger partial charge is 0.335 e. The molecule has 0 bridgehead atoms. The van der Waals surface area contributed by atoms with E-state index in [1.807, 2.05) is 0 Å². The number of aryl methyl sites for hydroxylation is 1. The highest BCUT2D eigenvalue weighted by molar-refractivity contribution is 4.87. The van der Waals surface area contributed by atoms with Crippen LogP contribution in [0.5, 0.6) is 6.01 Å². The Hall–Kier alpha value is -1.17. The predicted octanol–water partition coefficient (Wildman–Crippen LogP) is -0.659. The molecule has 1 atom stereocenters. The predicted molar refractivity (Wildman–Crippen MR) is 45.3 cm³/mol. The van der Waals surface area contributed by atoms with E-state index in [0.29, 0.717) is 18.7 Å². The van der Waals surface area contributed by atoms with Crippen molar-refractivity contribution >= 4 is 0 Å². The molecule has 2 heterocycles. The monoisotopic (exact) mass is 183 g/mol. The molecule has 13 heavy (non-hydrogen) atoms. The number of ether oxygens (including phenoxy) is 1. The van der Waals surface area contributed by atoms with Crippen LogP contribution in [0.1, 0.15) is 12.8 Å². The summed E-state index contributed by atoms with van der Waals surface area (Å²) in [4.78, 5) is 0. The molecule has 1 aliphatic rings. The van der Waals surface area contributed by atoms with Crippen LogP contribution in [0.2, 0.25) is 0 Å². The second-order valence-corrected chi connectivity index (χ2v) is 3.19. The van der Waals surface area contributed by atoms with E-state index in [1.165, 1.54) is 17.5 Å². The summed E-state index contributed by atoms with van der Waals surface area (Å²) in [6, 6.07) is 0.936. The fourth-order valence-electron chi connectivity index (χ4n) is 1.42. The highest BCUT2D eigenvalue weighted by Gasteiger charge is 2.15. The Morgan fingerprint density at radius 3 is 3.23 bits per heavy atom. The SMILES string of the molecule is Cn1nnnc1OCC1CCCN1. The average Bonchev–Trinajstić information content (AvgIpc) is 2.72. The molecular weight excluding hydrogens is 170 g/mol. The van der Waals surface area contributed by atoms with E-state index in [1.54, 1.807) is 7.05 Å². The molecule has 72 valence electrons. The molecule has 6 nitrogen and oxygen atoms in total. The van der Waals surface area contributed by atoms with Gasteiger partial charge in [-0.25, -0.2) is 0 Å². The largest absolute Gasteiger partial charge is 0.461 e. The Bertz CT molecular complexity index is 268. The standard InChI is InChI=1S/C7H13N5O/c1-12-7(9-10-11-12)13-5-6-3-2-4-8-6/h6,8H,2-5H2,1H3. The van der Waals surface area contributed by atoms with Crippen LogP contribution in [0, 0.1) is 0 Å². The molecule has 0 aliphatic carbocycles. The van der Waals surface area contributed by atoms with Gasteiger partial charge in [0.1, 0.15) is 6.61 Å². The van der Waals surface area contributed by atoms with E-state index in [-0.39, 0.29) is 0 Å². The molecule has 1 unspecified atom stereocenters. The van der Waals surface area contributed by atoms with Gasteiger partial charge in [-0.15, -0.1) is 0 Å². The van der Waals surface area contributed by atoms with Gasteiger partial charge in [-0.05, 0) is 29.8 Å². The minimum Gasteiger partial charge on any atom is -0.461 e. The van der Waals surface area contributed by atoms with Gasteiger partial charge in [0.15, 0.2) is 0 Å². The van der Waals surface area contributed by atoms with E-state index in [2.05, 4.69) is 20.8 Å². The molecule has 1 saturated heterocycles. The topological polar surface area (TPSA) is 64.9 Å². The Morgan fingerprint density at radius 2 is 2.62 bits per heavy atom. The highest BCUT2D eigenvalue weighted by Crippen LogP contribution is 2.07. The van der Waals surface area contributed by atoms with Crippen molar-refractivity contribution < 1.29 is 4.74 Å². The van der Waals surface area contributed by atoms with Gasteiger partial charge < -0.3 is 10.1 Å². The first-order valence-electron chi connectivity index (χ1n) is 4.45. The third kappa shape index (κ3) is 1.95. The van der Waals surface area contributed by atoms with Crippen molar-refractivity contribution in [3.63, 3.8) is 0 Å². The van der Waals surface area contributed by atoms with E-state index in [0.717, 1.165) is 6.54 Å². The Morgan fingerprint density at radius 1 is 1.69 bits per heavy atom. The maximum atomic E-state index is 5.43. The van der Waals surface area contributed by atoms with Crippen molar-refractivity contribution in [3.05, 3.63) is 0 Å². The fraction of sp³-hybridized carbons (Fsp3) is 0.857. The molecule has 0 saturated carbocycles. The van der Waals surface area contributed by atoms with Gasteiger partial charge in [0, 0.05) is 13.1 Å². The zero-order chi connectivity index (χ0) is 9.10. The molecule has 0 amide bonds. The van der Waals surface area contributed by atoms with E-state index in [4.69, 9.17) is 4.74 Å². The summed E-state index contributed by atoms with van der Waals surface area (Å²) in [6.45, 7) is 1.74. The van der Waals surface area contributed by atoms with Gasteiger partial charge >= 0.3 is 6.01 Å². The molecule has 1 aromatic heterocycles. The fourth-order valence-corrected chi connectivity index (χ4v) is 1.42. The lowest BCUT2D eigenvalue weighted by Crippen LogP contribution is -2.28. The first-order chi connectivity index (χ1) is 6.36. The van der Waals surface area contributed by atoms with Gasteiger partial charge in [0.2, 0.25) is 0 Å². The maximum absolute atomic E-state index is 5.43. The number of tetrazole rings is 1. The summed E-state index contributed by atoms with van der Waals surface area (Å²) in [6.07, 6.45) is 2.40. The molecule has 0 radical (unpaired) electrons.